The van der Waals surface area contributed by atoms with Crippen LogP contribution in [0, 0.1) is 0 Å². The van der Waals surface area contributed by atoms with Crippen LogP contribution in [0.25, 0.3) is 5.69 Å². The molecule has 0 saturated heterocycles. The molecule has 1 heterocycles. The first-order chi connectivity index (χ1) is 13.1. The molecule has 1 unspecified atom stereocenters. The second kappa shape index (κ2) is 8.75. The van der Waals surface area contributed by atoms with E-state index in [0.29, 0.717) is 0 Å². The monoisotopic (exact) mass is 363 g/mol. The molecule has 2 amide bonds. The number of benzene rings is 2. The summed E-state index contributed by atoms with van der Waals surface area (Å²) in [6, 6.07) is 16.9. The maximum absolute atomic E-state index is 12.1. The fraction of sp³-hybridized carbons (Fsp3) is 0.200. The van der Waals surface area contributed by atoms with E-state index in [4.69, 9.17) is 0 Å². The Labute approximate surface area is 157 Å². The molecule has 1 aromatic heterocycles. The van der Waals surface area contributed by atoms with Crippen LogP contribution < -0.4 is 10.6 Å². The van der Waals surface area contributed by atoms with Crippen LogP contribution in [-0.4, -0.2) is 33.1 Å². The number of nitrogens with zero attached hydrogens (tertiary/aromatic N) is 3. The molecule has 0 aliphatic heterocycles. The average molecular weight is 363 g/mol. The third-order valence-electron chi connectivity index (χ3n) is 4.11. The number of amides is 2. The van der Waals surface area contributed by atoms with Gasteiger partial charge in [0.05, 0.1) is 24.7 Å². The highest BCUT2D eigenvalue weighted by molar-refractivity contribution is 5.85. The number of hydrogen-bond donors (Lipinski definition) is 2. The van der Waals surface area contributed by atoms with Crippen molar-refractivity contribution in [3.05, 3.63) is 78.4 Å². The van der Waals surface area contributed by atoms with Crippen molar-refractivity contribution < 1.29 is 9.59 Å². The van der Waals surface area contributed by atoms with Crippen LogP contribution in [0.2, 0.25) is 0 Å². The van der Waals surface area contributed by atoms with Crippen molar-refractivity contribution >= 4 is 11.8 Å². The summed E-state index contributed by atoms with van der Waals surface area (Å²) in [5.74, 6) is -0.412. The van der Waals surface area contributed by atoms with Gasteiger partial charge in [0.2, 0.25) is 11.8 Å². The maximum Gasteiger partial charge on any atom is 0.239 e. The first kappa shape index (κ1) is 18.3. The van der Waals surface area contributed by atoms with E-state index in [1.807, 2.05) is 61.5 Å². The van der Waals surface area contributed by atoms with Gasteiger partial charge >= 0.3 is 0 Å². The number of aromatic nitrogens is 3. The topological polar surface area (TPSA) is 88.9 Å². The van der Waals surface area contributed by atoms with Gasteiger partial charge in [-0.25, -0.2) is 9.67 Å². The number of hydrogen-bond acceptors (Lipinski definition) is 4. The summed E-state index contributed by atoms with van der Waals surface area (Å²) < 4.78 is 1.66. The van der Waals surface area contributed by atoms with Crippen molar-refractivity contribution in [1.82, 2.24) is 25.4 Å². The first-order valence-corrected chi connectivity index (χ1v) is 8.67. The summed E-state index contributed by atoms with van der Waals surface area (Å²) in [5, 5.41) is 9.60. The standard InChI is InChI=1S/C20H21N5O2/c1-15(17-7-9-18(10-8-17)25-14-21-13-23-25)24-20(27)12-22-19(26)11-16-5-3-2-4-6-16/h2-10,13-15H,11-12H2,1H3,(H,22,26)(H,24,27). The molecule has 2 N–H and O–H groups in total. The Balaban J connectivity index is 1.46. The number of carbonyl (C=O) groups is 2. The summed E-state index contributed by atoms with van der Waals surface area (Å²) in [7, 11) is 0. The lowest BCUT2D eigenvalue weighted by molar-refractivity contribution is -0.126. The van der Waals surface area contributed by atoms with Crippen LogP contribution in [-0.2, 0) is 16.0 Å². The molecule has 0 spiro atoms. The highest BCUT2D eigenvalue weighted by Gasteiger charge is 2.11. The Kier molecular flexibility index (Phi) is 5.94. The van der Waals surface area contributed by atoms with Crippen LogP contribution in [0.4, 0.5) is 0 Å². The van der Waals surface area contributed by atoms with Gasteiger partial charge in [0.25, 0.3) is 0 Å². The van der Waals surface area contributed by atoms with Crippen molar-refractivity contribution in [3.63, 3.8) is 0 Å². The van der Waals surface area contributed by atoms with Crippen molar-refractivity contribution in [3.8, 4) is 5.69 Å². The van der Waals surface area contributed by atoms with Gasteiger partial charge in [0.1, 0.15) is 12.7 Å². The predicted molar refractivity (Wildman–Crippen MR) is 101 cm³/mol. The fourth-order valence-corrected chi connectivity index (χ4v) is 2.66. The molecule has 3 aromatic rings. The molecular formula is C20H21N5O2. The van der Waals surface area contributed by atoms with E-state index < -0.39 is 0 Å². The zero-order valence-electron chi connectivity index (χ0n) is 15.0. The van der Waals surface area contributed by atoms with Gasteiger partial charge in [-0.05, 0) is 30.2 Å². The first-order valence-electron chi connectivity index (χ1n) is 8.67. The van der Waals surface area contributed by atoms with Crippen molar-refractivity contribution in [1.29, 1.82) is 0 Å². The molecule has 27 heavy (non-hydrogen) atoms. The Morgan fingerprint density at radius 2 is 1.78 bits per heavy atom. The van der Waals surface area contributed by atoms with Gasteiger partial charge in [-0.1, -0.05) is 42.5 Å². The van der Waals surface area contributed by atoms with E-state index in [9.17, 15) is 9.59 Å². The van der Waals surface area contributed by atoms with Crippen LogP contribution in [0.1, 0.15) is 24.1 Å². The van der Waals surface area contributed by atoms with Gasteiger partial charge in [-0.3, -0.25) is 9.59 Å². The Morgan fingerprint density at radius 1 is 1.04 bits per heavy atom. The molecule has 0 fully saturated rings. The third kappa shape index (κ3) is 5.24. The van der Waals surface area contributed by atoms with Gasteiger partial charge in [-0.2, -0.15) is 5.10 Å². The molecule has 0 aliphatic rings. The summed E-state index contributed by atoms with van der Waals surface area (Å²) in [6.07, 6.45) is 3.36. The second-order valence-electron chi connectivity index (χ2n) is 6.16. The normalized spacial score (nSPS) is 11.6. The smallest absolute Gasteiger partial charge is 0.239 e. The molecule has 0 radical (unpaired) electrons. The van der Waals surface area contributed by atoms with Crippen LogP contribution in [0.5, 0.6) is 0 Å². The minimum atomic E-state index is -0.232. The van der Waals surface area contributed by atoms with Crippen molar-refractivity contribution in [2.24, 2.45) is 0 Å². The molecule has 1 atom stereocenters. The van der Waals surface area contributed by atoms with E-state index in [0.717, 1.165) is 16.8 Å². The maximum atomic E-state index is 12.1. The largest absolute Gasteiger partial charge is 0.348 e. The molecule has 3 rings (SSSR count). The highest BCUT2D eigenvalue weighted by Crippen LogP contribution is 2.15. The molecule has 7 heteroatoms. The second-order valence-corrected chi connectivity index (χ2v) is 6.16. The number of nitrogens with one attached hydrogen (secondary N) is 2. The number of rotatable bonds is 7. The van der Waals surface area contributed by atoms with E-state index in [-0.39, 0.29) is 30.8 Å². The minimum Gasteiger partial charge on any atom is -0.348 e. The van der Waals surface area contributed by atoms with Crippen molar-refractivity contribution in [2.45, 2.75) is 19.4 Å². The van der Waals surface area contributed by atoms with E-state index in [2.05, 4.69) is 20.7 Å². The lowest BCUT2D eigenvalue weighted by Crippen LogP contribution is -2.38. The molecule has 0 bridgehead atoms. The van der Waals surface area contributed by atoms with Gasteiger partial charge in [0, 0.05) is 0 Å². The zero-order valence-corrected chi connectivity index (χ0v) is 15.0. The highest BCUT2D eigenvalue weighted by atomic mass is 16.2. The molecule has 138 valence electrons. The van der Waals surface area contributed by atoms with Crippen LogP contribution in [0.15, 0.2) is 67.3 Å². The van der Waals surface area contributed by atoms with Crippen molar-refractivity contribution in [2.75, 3.05) is 6.54 Å². The minimum absolute atomic E-state index is 0.0486. The van der Waals surface area contributed by atoms with E-state index in [1.165, 1.54) is 6.33 Å². The molecule has 2 aromatic carbocycles. The fourth-order valence-electron chi connectivity index (χ4n) is 2.66. The SMILES string of the molecule is CC(NC(=O)CNC(=O)Cc1ccccc1)c1ccc(-n2cncn2)cc1. The Bertz CT molecular complexity index is 877. The summed E-state index contributed by atoms with van der Waals surface area (Å²) in [6.45, 7) is 1.85. The zero-order chi connectivity index (χ0) is 19.1. The van der Waals surface area contributed by atoms with Gasteiger partial charge < -0.3 is 10.6 Å². The molecule has 0 aliphatic carbocycles. The Morgan fingerprint density at radius 3 is 2.44 bits per heavy atom. The van der Waals surface area contributed by atoms with Crippen LogP contribution in [0.3, 0.4) is 0 Å². The average Bonchev–Trinajstić information content (AvgIpc) is 3.22. The molecule has 7 nitrogen and oxygen atoms in total. The lowest BCUT2D eigenvalue weighted by atomic mass is 10.1. The molecule has 0 saturated carbocycles. The predicted octanol–water partition coefficient (Wildman–Crippen LogP) is 1.80. The summed E-state index contributed by atoms with van der Waals surface area (Å²) >= 11 is 0. The summed E-state index contributed by atoms with van der Waals surface area (Å²) in [5.41, 5.74) is 2.77. The van der Waals surface area contributed by atoms with Crippen LogP contribution >= 0.6 is 0 Å². The molecular weight excluding hydrogens is 342 g/mol. The van der Waals surface area contributed by atoms with Gasteiger partial charge in [0.15, 0.2) is 0 Å². The van der Waals surface area contributed by atoms with Gasteiger partial charge in [-0.15, -0.1) is 0 Å². The van der Waals surface area contributed by atoms with E-state index in [1.54, 1.807) is 11.0 Å². The Hall–Kier alpha value is -3.48. The summed E-state index contributed by atoms with van der Waals surface area (Å²) in [4.78, 5) is 27.9. The third-order valence-corrected chi connectivity index (χ3v) is 4.11. The number of carbonyl (C=O) groups excluding carboxylic acids is 2. The quantitative estimate of drug-likeness (QED) is 0.670. The van der Waals surface area contributed by atoms with E-state index >= 15 is 0 Å². The lowest BCUT2D eigenvalue weighted by Gasteiger charge is -2.15.